The fourth-order valence-electron chi connectivity index (χ4n) is 2.45. The maximum atomic E-state index is 12.0. The standard InChI is InChI=1S/C14H16Cl2O/c15-12-7-6-11(9-13(12)16)14(17)8-5-10-3-1-2-4-10/h6-7,9-10H,1-5,8H2. The summed E-state index contributed by atoms with van der Waals surface area (Å²) in [6.45, 7) is 0. The van der Waals surface area contributed by atoms with Gasteiger partial charge in [-0.2, -0.15) is 0 Å². The summed E-state index contributed by atoms with van der Waals surface area (Å²) in [6.07, 6.45) is 6.86. The molecule has 0 radical (unpaired) electrons. The summed E-state index contributed by atoms with van der Waals surface area (Å²) in [4.78, 5) is 12.0. The van der Waals surface area contributed by atoms with E-state index in [2.05, 4.69) is 0 Å². The monoisotopic (exact) mass is 270 g/mol. The van der Waals surface area contributed by atoms with Gasteiger partial charge >= 0.3 is 0 Å². The van der Waals surface area contributed by atoms with E-state index in [4.69, 9.17) is 23.2 Å². The van der Waals surface area contributed by atoms with Gasteiger partial charge in [0.2, 0.25) is 0 Å². The van der Waals surface area contributed by atoms with E-state index in [0.29, 0.717) is 22.0 Å². The van der Waals surface area contributed by atoms with Crippen molar-refractivity contribution in [2.75, 3.05) is 0 Å². The van der Waals surface area contributed by atoms with Crippen molar-refractivity contribution in [3.05, 3.63) is 33.8 Å². The predicted molar refractivity (Wildman–Crippen MR) is 72.0 cm³/mol. The van der Waals surface area contributed by atoms with E-state index in [0.717, 1.165) is 12.3 Å². The third-order valence-corrected chi connectivity index (χ3v) is 4.23. The van der Waals surface area contributed by atoms with Crippen molar-refractivity contribution < 1.29 is 4.79 Å². The average Bonchev–Trinajstić information content (AvgIpc) is 2.82. The van der Waals surface area contributed by atoms with E-state index in [1.807, 2.05) is 0 Å². The number of hydrogen-bond acceptors (Lipinski definition) is 1. The molecule has 3 heteroatoms. The van der Waals surface area contributed by atoms with Gasteiger partial charge in [-0.1, -0.05) is 48.9 Å². The Morgan fingerprint density at radius 3 is 2.53 bits per heavy atom. The molecular weight excluding hydrogens is 255 g/mol. The minimum Gasteiger partial charge on any atom is -0.294 e. The largest absolute Gasteiger partial charge is 0.294 e. The third kappa shape index (κ3) is 3.46. The Morgan fingerprint density at radius 1 is 1.18 bits per heavy atom. The van der Waals surface area contributed by atoms with Gasteiger partial charge in [-0.25, -0.2) is 0 Å². The number of Topliss-reactive ketones (excluding diaryl/α,β-unsaturated/α-hetero) is 1. The van der Waals surface area contributed by atoms with Crippen LogP contribution in [0.15, 0.2) is 18.2 Å². The molecule has 0 spiro atoms. The second-order valence-electron chi connectivity index (χ2n) is 4.74. The summed E-state index contributed by atoms with van der Waals surface area (Å²) in [6, 6.07) is 5.11. The van der Waals surface area contributed by atoms with Crippen molar-refractivity contribution in [1.82, 2.24) is 0 Å². The molecule has 1 aliphatic rings. The van der Waals surface area contributed by atoms with Crippen molar-refractivity contribution in [2.24, 2.45) is 5.92 Å². The number of benzene rings is 1. The zero-order valence-electron chi connectivity index (χ0n) is 9.72. The minimum atomic E-state index is 0.176. The van der Waals surface area contributed by atoms with E-state index in [1.165, 1.54) is 25.7 Å². The van der Waals surface area contributed by atoms with Crippen LogP contribution in [0.2, 0.25) is 10.0 Å². The van der Waals surface area contributed by atoms with Crippen LogP contribution in [0.5, 0.6) is 0 Å². The maximum Gasteiger partial charge on any atom is 0.162 e. The van der Waals surface area contributed by atoms with E-state index in [1.54, 1.807) is 18.2 Å². The van der Waals surface area contributed by atoms with Gasteiger partial charge in [0.25, 0.3) is 0 Å². The third-order valence-electron chi connectivity index (χ3n) is 3.50. The highest BCUT2D eigenvalue weighted by atomic mass is 35.5. The Labute approximate surface area is 112 Å². The number of carbonyl (C=O) groups excluding carboxylic acids is 1. The zero-order chi connectivity index (χ0) is 12.3. The Bertz CT molecular complexity index is 409. The molecule has 1 saturated carbocycles. The van der Waals surface area contributed by atoms with E-state index >= 15 is 0 Å². The predicted octanol–water partition coefficient (Wildman–Crippen LogP) is 5.15. The molecular formula is C14H16Cl2O. The Kier molecular flexibility index (Phi) is 4.47. The molecule has 0 heterocycles. The highest BCUT2D eigenvalue weighted by Gasteiger charge is 2.17. The molecule has 0 atom stereocenters. The molecule has 1 aromatic carbocycles. The van der Waals surface area contributed by atoms with E-state index in [-0.39, 0.29) is 5.78 Å². The fraction of sp³-hybridized carbons (Fsp3) is 0.500. The molecule has 1 fully saturated rings. The summed E-state index contributed by atoms with van der Waals surface area (Å²) in [5.74, 6) is 0.928. The molecule has 0 bridgehead atoms. The minimum absolute atomic E-state index is 0.176. The van der Waals surface area contributed by atoms with Gasteiger partial charge in [-0.05, 0) is 30.5 Å². The summed E-state index contributed by atoms with van der Waals surface area (Å²) in [7, 11) is 0. The molecule has 0 N–H and O–H groups in total. The lowest BCUT2D eigenvalue weighted by Gasteiger charge is -2.08. The van der Waals surface area contributed by atoms with Crippen molar-refractivity contribution in [2.45, 2.75) is 38.5 Å². The van der Waals surface area contributed by atoms with Crippen LogP contribution in [0, 0.1) is 5.92 Å². The van der Waals surface area contributed by atoms with Gasteiger partial charge in [0.15, 0.2) is 5.78 Å². The van der Waals surface area contributed by atoms with Crippen LogP contribution in [-0.2, 0) is 0 Å². The number of ketones is 1. The van der Waals surface area contributed by atoms with Crippen molar-refractivity contribution in [1.29, 1.82) is 0 Å². The molecule has 2 rings (SSSR count). The number of carbonyl (C=O) groups is 1. The maximum absolute atomic E-state index is 12.0. The second-order valence-corrected chi connectivity index (χ2v) is 5.56. The smallest absolute Gasteiger partial charge is 0.162 e. The van der Waals surface area contributed by atoms with Gasteiger partial charge < -0.3 is 0 Å². The first-order valence-electron chi connectivity index (χ1n) is 6.15. The number of halogens is 2. The SMILES string of the molecule is O=C(CCC1CCCC1)c1ccc(Cl)c(Cl)c1. The average molecular weight is 271 g/mol. The second kappa shape index (κ2) is 5.88. The Hall–Kier alpha value is -0.530. The summed E-state index contributed by atoms with van der Waals surface area (Å²) in [5, 5.41) is 0.956. The Morgan fingerprint density at radius 2 is 1.88 bits per heavy atom. The van der Waals surface area contributed by atoms with Crippen LogP contribution in [-0.4, -0.2) is 5.78 Å². The summed E-state index contributed by atoms with van der Waals surface area (Å²) in [5.41, 5.74) is 0.678. The van der Waals surface area contributed by atoms with Crippen molar-refractivity contribution in [3.8, 4) is 0 Å². The molecule has 0 saturated heterocycles. The van der Waals surface area contributed by atoms with Gasteiger partial charge in [-0.3, -0.25) is 4.79 Å². The van der Waals surface area contributed by atoms with Crippen LogP contribution in [0.1, 0.15) is 48.9 Å². The Balaban J connectivity index is 1.92. The quantitative estimate of drug-likeness (QED) is 0.692. The zero-order valence-corrected chi connectivity index (χ0v) is 11.2. The summed E-state index contributed by atoms with van der Waals surface area (Å²) >= 11 is 11.7. The molecule has 0 amide bonds. The molecule has 1 nitrogen and oxygen atoms in total. The lowest BCUT2D eigenvalue weighted by molar-refractivity contribution is 0.0974. The molecule has 0 aromatic heterocycles. The van der Waals surface area contributed by atoms with Crippen molar-refractivity contribution in [3.63, 3.8) is 0 Å². The fourth-order valence-corrected chi connectivity index (χ4v) is 2.75. The van der Waals surface area contributed by atoms with Gasteiger partial charge in [0, 0.05) is 12.0 Å². The molecule has 1 aromatic rings. The van der Waals surface area contributed by atoms with Gasteiger partial charge in [0.1, 0.15) is 0 Å². The van der Waals surface area contributed by atoms with Crippen LogP contribution in [0.3, 0.4) is 0 Å². The van der Waals surface area contributed by atoms with Gasteiger partial charge in [-0.15, -0.1) is 0 Å². The van der Waals surface area contributed by atoms with Crippen LogP contribution >= 0.6 is 23.2 Å². The van der Waals surface area contributed by atoms with Crippen LogP contribution in [0.25, 0.3) is 0 Å². The normalized spacial score (nSPS) is 16.4. The number of rotatable bonds is 4. The highest BCUT2D eigenvalue weighted by Crippen LogP contribution is 2.29. The van der Waals surface area contributed by atoms with E-state index < -0.39 is 0 Å². The highest BCUT2D eigenvalue weighted by molar-refractivity contribution is 6.42. The van der Waals surface area contributed by atoms with Crippen LogP contribution in [0.4, 0.5) is 0 Å². The topological polar surface area (TPSA) is 17.1 Å². The lowest BCUT2D eigenvalue weighted by atomic mass is 9.97. The first kappa shape index (κ1) is 12.9. The van der Waals surface area contributed by atoms with Crippen LogP contribution < -0.4 is 0 Å². The molecule has 17 heavy (non-hydrogen) atoms. The lowest BCUT2D eigenvalue weighted by Crippen LogP contribution is -2.03. The first-order valence-corrected chi connectivity index (χ1v) is 6.90. The van der Waals surface area contributed by atoms with Crippen molar-refractivity contribution >= 4 is 29.0 Å². The molecule has 0 unspecified atom stereocenters. The van der Waals surface area contributed by atoms with E-state index in [9.17, 15) is 4.79 Å². The van der Waals surface area contributed by atoms with Gasteiger partial charge in [0.05, 0.1) is 10.0 Å². The molecule has 1 aliphatic carbocycles. The molecule has 92 valence electrons. The number of hydrogen-bond donors (Lipinski definition) is 0. The molecule has 0 aliphatic heterocycles. The summed E-state index contributed by atoms with van der Waals surface area (Å²) < 4.78 is 0. The first-order chi connectivity index (χ1) is 8.16.